The van der Waals surface area contributed by atoms with E-state index in [1.165, 1.54) is 7.05 Å². The van der Waals surface area contributed by atoms with Crippen molar-refractivity contribution >= 4 is 5.91 Å². The molecule has 0 spiro atoms. The summed E-state index contributed by atoms with van der Waals surface area (Å²) in [7, 11) is 1.40. The highest BCUT2D eigenvalue weighted by Gasteiger charge is 2.32. The Hall–Kier alpha value is -0.710. The Bertz CT molecular complexity index is 211. The lowest BCUT2D eigenvalue weighted by Crippen LogP contribution is -2.41. The molecule has 0 radical (unpaired) electrons. The van der Waals surface area contributed by atoms with Crippen molar-refractivity contribution in [2.24, 2.45) is 11.7 Å². The molecule has 1 aliphatic rings. The van der Waals surface area contributed by atoms with Crippen LogP contribution in [0, 0.1) is 5.92 Å². The number of alkyl halides is 2. The van der Waals surface area contributed by atoms with E-state index >= 15 is 0 Å². The van der Waals surface area contributed by atoms with E-state index in [-0.39, 0.29) is 17.9 Å². The fraction of sp³-hybridized carbons (Fsp3) is 0.889. The number of halogens is 2. The van der Waals surface area contributed by atoms with Crippen molar-refractivity contribution in [3.63, 3.8) is 0 Å². The smallest absolute Gasteiger partial charge is 0.255 e. The van der Waals surface area contributed by atoms with Crippen molar-refractivity contribution in [3.8, 4) is 0 Å². The van der Waals surface area contributed by atoms with Gasteiger partial charge in [-0.05, 0) is 12.8 Å². The van der Waals surface area contributed by atoms with Crippen LogP contribution in [0.5, 0.6) is 0 Å². The van der Waals surface area contributed by atoms with Gasteiger partial charge in [-0.15, -0.1) is 0 Å². The van der Waals surface area contributed by atoms with Crippen molar-refractivity contribution in [1.82, 2.24) is 4.90 Å². The Morgan fingerprint density at radius 2 is 2.21 bits per heavy atom. The summed E-state index contributed by atoms with van der Waals surface area (Å²) in [5, 5.41) is 0. The van der Waals surface area contributed by atoms with E-state index in [0.29, 0.717) is 0 Å². The van der Waals surface area contributed by atoms with Crippen molar-refractivity contribution in [2.75, 3.05) is 13.6 Å². The van der Waals surface area contributed by atoms with Crippen LogP contribution in [0.1, 0.15) is 19.3 Å². The molecule has 1 rings (SSSR count). The minimum Gasteiger partial charge on any atom is -0.340 e. The molecule has 1 amide bonds. The topological polar surface area (TPSA) is 46.3 Å². The number of carbonyl (C=O) groups excluding carboxylic acids is 1. The number of amides is 1. The second-order valence-electron chi connectivity index (χ2n) is 3.81. The predicted octanol–water partition coefficient (Wildman–Crippen LogP) is 0.837. The van der Waals surface area contributed by atoms with Gasteiger partial charge in [-0.25, -0.2) is 8.78 Å². The SMILES string of the molecule is CN(CC(F)F)C(=O)[C@@H]1CCC[C@@H]1N. The van der Waals surface area contributed by atoms with Crippen LogP contribution in [-0.4, -0.2) is 36.9 Å². The van der Waals surface area contributed by atoms with Gasteiger partial charge in [0.2, 0.25) is 5.91 Å². The standard InChI is InChI=1S/C9H16F2N2O/c1-13(5-8(10)11)9(14)6-3-2-4-7(6)12/h6-8H,2-5,12H2,1H3/t6-,7+/m1/s1. The second-order valence-corrected chi connectivity index (χ2v) is 3.81. The van der Waals surface area contributed by atoms with Gasteiger partial charge in [-0.3, -0.25) is 4.79 Å². The molecule has 2 N–H and O–H groups in total. The molecule has 1 aliphatic carbocycles. The molecule has 0 aromatic rings. The average Bonchev–Trinajstić information content (AvgIpc) is 2.48. The van der Waals surface area contributed by atoms with E-state index in [9.17, 15) is 13.6 Å². The number of nitrogens with two attached hydrogens (primary N) is 1. The lowest BCUT2D eigenvalue weighted by molar-refractivity contribution is -0.136. The molecule has 0 aliphatic heterocycles. The monoisotopic (exact) mass is 206 g/mol. The van der Waals surface area contributed by atoms with E-state index in [2.05, 4.69) is 0 Å². The molecule has 2 atom stereocenters. The lowest BCUT2D eigenvalue weighted by Gasteiger charge is -2.22. The van der Waals surface area contributed by atoms with E-state index < -0.39 is 13.0 Å². The second kappa shape index (κ2) is 4.68. The maximum absolute atomic E-state index is 12.0. The van der Waals surface area contributed by atoms with Gasteiger partial charge in [0.15, 0.2) is 0 Å². The molecule has 3 nitrogen and oxygen atoms in total. The maximum Gasteiger partial charge on any atom is 0.255 e. The van der Waals surface area contributed by atoms with Crippen LogP contribution in [0.4, 0.5) is 8.78 Å². The Morgan fingerprint density at radius 1 is 1.57 bits per heavy atom. The van der Waals surface area contributed by atoms with Crippen LogP contribution in [0.25, 0.3) is 0 Å². The largest absolute Gasteiger partial charge is 0.340 e. The molecule has 14 heavy (non-hydrogen) atoms. The molecule has 0 aromatic heterocycles. The van der Waals surface area contributed by atoms with Gasteiger partial charge in [0, 0.05) is 13.1 Å². The first kappa shape index (κ1) is 11.4. The molecule has 1 saturated carbocycles. The zero-order valence-corrected chi connectivity index (χ0v) is 8.25. The van der Waals surface area contributed by atoms with Crippen LogP contribution in [0.2, 0.25) is 0 Å². The lowest BCUT2D eigenvalue weighted by atomic mass is 10.0. The first-order valence-electron chi connectivity index (χ1n) is 4.81. The fourth-order valence-electron chi connectivity index (χ4n) is 1.88. The van der Waals surface area contributed by atoms with Crippen molar-refractivity contribution in [3.05, 3.63) is 0 Å². The summed E-state index contributed by atoms with van der Waals surface area (Å²) in [5.74, 6) is -0.492. The van der Waals surface area contributed by atoms with Crippen molar-refractivity contribution < 1.29 is 13.6 Å². The van der Waals surface area contributed by atoms with Crippen molar-refractivity contribution in [2.45, 2.75) is 31.7 Å². The molecule has 0 unspecified atom stereocenters. The van der Waals surface area contributed by atoms with Gasteiger partial charge in [0.1, 0.15) is 0 Å². The first-order valence-corrected chi connectivity index (χ1v) is 4.81. The molecule has 0 aromatic carbocycles. The van der Waals surface area contributed by atoms with Gasteiger partial charge in [0.05, 0.1) is 12.5 Å². The number of nitrogens with zero attached hydrogens (tertiary/aromatic N) is 1. The van der Waals surface area contributed by atoms with Gasteiger partial charge >= 0.3 is 0 Å². The maximum atomic E-state index is 12.0. The summed E-state index contributed by atoms with van der Waals surface area (Å²) in [6, 6.07) is -0.150. The summed E-state index contributed by atoms with van der Waals surface area (Å²) in [5.41, 5.74) is 5.71. The van der Waals surface area contributed by atoms with E-state index in [0.717, 1.165) is 24.2 Å². The third-order valence-corrected chi connectivity index (χ3v) is 2.67. The Balaban J connectivity index is 2.47. The third-order valence-electron chi connectivity index (χ3n) is 2.67. The van der Waals surface area contributed by atoms with Crippen LogP contribution in [0.3, 0.4) is 0 Å². The van der Waals surface area contributed by atoms with Gasteiger partial charge in [0.25, 0.3) is 6.43 Å². The Morgan fingerprint density at radius 3 is 2.64 bits per heavy atom. The number of rotatable bonds is 3. The molecule has 0 saturated heterocycles. The highest BCUT2D eigenvalue weighted by molar-refractivity contribution is 5.79. The quantitative estimate of drug-likeness (QED) is 0.743. The number of hydrogen-bond acceptors (Lipinski definition) is 2. The molecule has 1 fully saturated rings. The highest BCUT2D eigenvalue weighted by atomic mass is 19.3. The summed E-state index contributed by atoms with van der Waals surface area (Å²) in [4.78, 5) is 12.7. The summed E-state index contributed by atoms with van der Waals surface area (Å²) >= 11 is 0. The summed E-state index contributed by atoms with van der Waals surface area (Å²) in [6.07, 6.45) is -0.00589. The Kier molecular flexibility index (Phi) is 3.80. The zero-order chi connectivity index (χ0) is 10.7. The van der Waals surface area contributed by atoms with Crippen LogP contribution in [0.15, 0.2) is 0 Å². The number of carbonyl (C=O) groups is 1. The van der Waals surface area contributed by atoms with Gasteiger partial charge in [-0.1, -0.05) is 6.42 Å². The molecular formula is C9H16F2N2O. The average molecular weight is 206 g/mol. The first-order chi connectivity index (χ1) is 6.52. The van der Waals surface area contributed by atoms with Crippen LogP contribution < -0.4 is 5.73 Å². The minimum absolute atomic E-state index is 0.150. The molecular weight excluding hydrogens is 190 g/mol. The van der Waals surface area contributed by atoms with E-state index in [1.807, 2.05) is 0 Å². The zero-order valence-electron chi connectivity index (χ0n) is 8.25. The minimum atomic E-state index is -2.47. The van der Waals surface area contributed by atoms with E-state index in [1.54, 1.807) is 0 Å². The molecule has 0 heterocycles. The summed E-state index contributed by atoms with van der Waals surface area (Å²) < 4.78 is 24.0. The fourth-order valence-corrected chi connectivity index (χ4v) is 1.88. The third kappa shape index (κ3) is 2.64. The van der Waals surface area contributed by atoms with Crippen molar-refractivity contribution in [1.29, 1.82) is 0 Å². The highest BCUT2D eigenvalue weighted by Crippen LogP contribution is 2.25. The van der Waals surface area contributed by atoms with Crippen LogP contribution >= 0.6 is 0 Å². The molecule has 82 valence electrons. The predicted molar refractivity (Wildman–Crippen MR) is 49.0 cm³/mol. The molecule has 0 bridgehead atoms. The number of hydrogen-bond donors (Lipinski definition) is 1. The molecule has 5 heteroatoms. The van der Waals surface area contributed by atoms with Crippen LogP contribution in [-0.2, 0) is 4.79 Å². The normalized spacial score (nSPS) is 26.9. The van der Waals surface area contributed by atoms with E-state index in [4.69, 9.17) is 5.73 Å². The Labute approximate surface area is 82.2 Å². The van der Waals surface area contributed by atoms with Gasteiger partial charge in [-0.2, -0.15) is 0 Å². The summed E-state index contributed by atoms with van der Waals surface area (Å²) in [6.45, 7) is -0.498. The van der Waals surface area contributed by atoms with Gasteiger partial charge < -0.3 is 10.6 Å².